The Kier molecular flexibility index (Phi) is 5.56. The normalized spacial score (nSPS) is 21.0. The highest BCUT2D eigenvalue weighted by molar-refractivity contribution is 5.55. The molecular formula is C20H25FN2O. The number of aliphatic hydroxyl groups excluding tert-OH is 1. The first-order valence-corrected chi connectivity index (χ1v) is 8.92. The summed E-state index contributed by atoms with van der Waals surface area (Å²) < 4.78 is 14.0. The molecule has 3 nitrogen and oxygen atoms in total. The predicted octanol–water partition coefficient (Wildman–Crippen LogP) is 4.50. The van der Waals surface area contributed by atoms with E-state index in [0.717, 1.165) is 5.92 Å². The summed E-state index contributed by atoms with van der Waals surface area (Å²) in [5.74, 6) is 1.68. The molecular weight excluding hydrogens is 303 g/mol. The highest BCUT2D eigenvalue weighted by Crippen LogP contribution is 2.36. The quantitative estimate of drug-likeness (QED) is 0.879. The fraction of sp³-hybridized carbons (Fsp3) is 0.500. The molecule has 4 heteroatoms. The summed E-state index contributed by atoms with van der Waals surface area (Å²) in [7, 11) is 0. The minimum atomic E-state index is -0.313. The van der Waals surface area contributed by atoms with Crippen LogP contribution in [-0.4, -0.2) is 21.7 Å². The molecule has 128 valence electrons. The predicted molar refractivity (Wildman–Crippen MR) is 93.2 cm³/mol. The van der Waals surface area contributed by atoms with E-state index in [9.17, 15) is 4.39 Å². The summed E-state index contributed by atoms with van der Waals surface area (Å²) in [6, 6.07) is 4.96. The summed E-state index contributed by atoms with van der Waals surface area (Å²) in [6.45, 7) is 2.22. The molecule has 1 saturated carbocycles. The summed E-state index contributed by atoms with van der Waals surface area (Å²) >= 11 is 0. The first-order valence-electron chi connectivity index (χ1n) is 8.92. The van der Waals surface area contributed by atoms with E-state index in [1.807, 2.05) is 18.5 Å². The van der Waals surface area contributed by atoms with E-state index in [4.69, 9.17) is 5.11 Å². The van der Waals surface area contributed by atoms with Gasteiger partial charge in [0.2, 0.25) is 0 Å². The Morgan fingerprint density at radius 3 is 2.42 bits per heavy atom. The average Bonchev–Trinajstić information content (AvgIpc) is 2.64. The maximum absolute atomic E-state index is 14.0. The van der Waals surface area contributed by atoms with Crippen LogP contribution in [0.5, 0.6) is 0 Å². The van der Waals surface area contributed by atoms with Crippen LogP contribution in [0.25, 0.3) is 11.4 Å². The van der Waals surface area contributed by atoms with Crippen LogP contribution >= 0.6 is 0 Å². The zero-order valence-corrected chi connectivity index (χ0v) is 14.2. The Balaban J connectivity index is 1.71. The Labute approximate surface area is 143 Å². The number of aliphatic hydroxyl groups is 1. The van der Waals surface area contributed by atoms with Gasteiger partial charge in [0.05, 0.1) is 0 Å². The number of halogens is 1. The Morgan fingerprint density at radius 2 is 1.83 bits per heavy atom. The third-order valence-corrected chi connectivity index (χ3v) is 5.26. The standard InChI is InChI=1S/C20H25FN2O/c1-2-14-3-5-15(6-4-14)18-12-22-20(23-13-18)17-8-7-16(9-10-24)19(21)11-17/h7-8,11-15,24H,2-6,9-10H2,1H3. The van der Waals surface area contributed by atoms with Gasteiger partial charge in [-0.2, -0.15) is 0 Å². The largest absolute Gasteiger partial charge is 0.396 e. The van der Waals surface area contributed by atoms with Crippen LogP contribution in [0.2, 0.25) is 0 Å². The van der Waals surface area contributed by atoms with E-state index < -0.39 is 0 Å². The molecule has 1 aromatic heterocycles. The van der Waals surface area contributed by atoms with E-state index in [2.05, 4.69) is 16.9 Å². The van der Waals surface area contributed by atoms with Gasteiger partial charge in [0.15, 0.2) is 5.82 Å². The molecule has 2 aromatic rings. The van der Waals surface area contributed by atoms with Crippen LogP contribution in [0.15, 0.2) is 30.6 Å². The molecule has 0 atom stereocenters. The van der Waals surface area contributed by atoms with E-state index >= 15 is 0 Å². The second-order valence-electron chi connectivity index (χ2n) is 6.75. The molecule has 0 saturated heterocycles. The first-order chi connectivity index (χ1) is 11.7. The van der Waals surface area contributed by atoms with Crippen molar-refractivity contribution in [3.63, 3.8) is 0 Å². The van der Waals surface area contributed by atoms with Crippen LogP contribution in [0, 0.1) is 11.7 Å². The van der Waals surface area contributed by atoms with Crippen LogP contribution in [0.4, 0.5) is 4.39 Å². The van der Waals surface area contributed by atoms with E-state index in [-0.39, 0.29) is 12.4 Å². The second kappa shape index (κ2) is 7.84. The van der Waals surface area contributed by atoms with Gasteiger partial charge < -0.3 is 5.11 Å². The fourth-order valence-corrected chi connectivity index (χ4v) is 3.61. The Hall–Kier alpha value is -1.81. The molecule has 1 heterocycles. The lowest BCUT2D eigenvalue weighted by Crippen LogP contribution is -2.13. The van der Waals surface area contributed by atoms with Gasteiger partial charge in [-0.15, -0.1) is 0 Å². The van der Waals surface area contributed by atoms with Gasteiger partial charge in [0.1, 0.15) is 5.82 Å². The van der Waals surface area contributed by atoms with Crippen LogP contribution < -0.4 is 0 Å². The minimum Gasteiger partial charge on any atom is -0.396 e. The molecule has 0 amide bonds. The summed E-state index contributed by atoms with van der Waals surface area (Å²) in [4.78, 5) is 8.91. The van der Waals surface area contributed by atoms with Crippen LogP contribution in [-0.2, 0) is 6.42 Å². The van der Waals surface area contributed by atoms with Crippen molar-refractivity contribution in [3.8, 4) is 11.4 Å². The molecule has 24 heavy (non-hydrogen) atoms. The Morgan fingerprint density at radius 1 is 1.12 bits per heavy atom. The molecule has 1 fully saturated rings. The maximum atomic E-state index is 14.0. The highest BCUT2D eigenvalue weighted by atomic mass is 19.1. The Bertz CT molecular complexity index is 664. The SMILES string of the molecule is CCC1CCC(c2cnc(-c3ccc(CCO)c(F)c3)nc2)CC1. The number of rotatable bonds is 5. The molecule has 1 N–H and O–H groups in total. The maximum Gasteiger partial charge on any atom is 0.159 e. The number of benzene rings is 1. The van der Waals surface area contributed by atoms with Crippen molar-refractivity contribution in [3.05, 3.63) is 47.5 Å². The molecule has 3 rings (SSSR count). The molecule has 0 unspecified atom stereocenters. The number of hydrogen-bond acceptors (Lipinski definition) is 3. The molecule has 0 bridgehead atoms. The zero-order valence-electron chi connectivity index (χ0n) is 14.2. The fourth-order valence-electron chi connectivity index (χ4n) is 3.61. The van der Waals surface area contributed by atoms with Crippen LogP contribution in [0.3, 0.4) is 0 Å². The van der Waals surface area contributed by atoms with Crippen molar-refractivity contribution in [1.82, 2.24) is 9.97 Å². The molecule has 1 aromatic carbocycles. The lowest BCUT2D eigenvalue weighted by atomic mass is 9.78. The topological polar surface area (TPSA) is 46.0 Å². The van der Waals surface area contributed by atoms with Gasteiger partial charge in [-0.3, -0.25) is 0 Å². The number of nitrogens with zero attached hydrogens (tertiary/aromatic N) is 2. The zero-order chi connectivity index (χ0) is 16.9. The highest BCUT2D eigenvalue weighted by Gasteiger charge is 2.21. The average molecular weight is 328 g/mol. The number of aromatic nitrogens is 2. The molecule has 1 aliphatic rings. The molecule has 0 aliphatic heterocycles. The minimum absolute atomic E-state index is 0.0538. The third kappa shape index (κ3) is 3.81. The van der Waals surface area contributed by atoms with Gasteiger partial charge in [-0.1, -0.05) is 25.5 Å². The van der Waals surface area contributed by atoms with Gasteiger partial charge in [0, 0.05) is 24.6 Å². The van der Waals surface area contributed by atoms with Crippen LogP contribution in [0.1, 0.15) is 56.1 Å². The smallest absolute Gasteiger partial charge is 0.159 e. The first kappa shape index (κ1) is 17.0. The summed E-state index contributed by atoms with van der Waals surface area (Å²) in [6.07, 6.45) is 10.4. The number of hydrogen-bond donors (Lipinski definition) is 1. The van der Waals surface area contributed by atoms with Crippen molar-refractivity contribution in [2.75, 3.05) is 6.61 Å². The molecule has 0 radical (unpaired) electrons. The molecule has 0 spiro atoms. The monoisotopic (exact) mass is 328 g/mol. The lowest BCUT2D eigenvalue weighted by molar-refractivity contribution is 0.297. The third-order valence-electron chi connectivity index (χ3n) is 5.26. The summed E-state index contributed by atoms with van der Waals surface area (Å²) in [5.41, 5.74) is 2.40. The summed E-state index contributed by atoms with van der Waals surface area (Å²) in [5, 5.41) is 8.93. The second-order valence-corrected chi connectivity index (χ2v) is 6.75. The van der Waals surface area contributed by atoms with E-state index in [0.29, 0.717) is 29.3 Å². The van der Waals surface area contributed by atoms with Gasteiger partial charge >= 0.3 is 0 Å². The molecule has 1 aliphatic carbocycles. The van der Waals surface area contributed by atoms with Crippen molar-refractivity contribution in [1.29, 1.82) is 0 Å². The van der Waals surface area contributed by atoms with Crippen molar-refractivity contribution in [2.45, 2.75) is 51.4 Å². The van der Waals surface area contributed by atoms with Gasteiger partial charge in [0.25, 0.3) is 0 Å². The van der Waals surface area contributed by atoms with E-state index in [1.165, 1.54) is 43.7 Å². The van der Waals surface area contributed by atoms with Crippen molar-refractivity contribution < 1.29 is 9.50 Å². The van der Waals surface area contributed by atoms with Crippen molar-refractivity contribution in [2.24, 2.45) is 5.92 Å². The lowest BCUT2D eigenvalue weighted by Gasteiger charge is -2.27. The van der Waals surface area contributed by atoms with Gasteiger partial charge in [-0.25, -0.2) is 14.4 Å². The van der Waals surface area contributed by atoms with Crippen molar-refractivity contribution >= 4 is 0 Å². The van der Waals surface area contributed by atoms with Gasteiger partial charge in [-0.05, 0) is 61.1 Å². The van der Waals surface area contributed by atoms with E-state index in [1.54, 1.807) is 6.07 Å².